The first-order chi connectivity index (χ1) is 11.0. The number of rotatable bonds is 6. The van der Waals surface area contributed by atoms with E-state index in [4.69, 9.17) is 4.74 Å². The predicted molar refractivity (Wildman–Crippen MR) is 80.2 cm³/mol. The number of nitrogens with one attached hydrogen (secondary N) is 2. The smallest absolute Gasteiger partial charge is 0.388 e. The van der Waals surface area contributed by atoms with Gasteiger partial charge in [0.1, 0.15) is 0 Å². The Bertz CT molecular complexity index is 588. The van der Waals surface area contributed by atoms with E-state index in [1.165, 1.54) is 20.1 Å². The van der Waals surface area contributed by atoms with E-state index >= 15 is 0 Å². The summed E-state index contributed by atoms with van der Waals surface area (Å²) in [5.41, 5.74) is -2.37. The molecule has 0 fully saturated rings. The van der Waals surface area contributed by atoms with E-state index in [0.29, 0.717) is 0 Å². The molecule has 0 aliphatic carbocycles. The molecule has 0 bridgehead atoms. The summed E-state index contributed by atoms with van der Waals surface area (Å²) in [6.45, 7) is 1.52. The molecule has 1 aromatic carbocycles. The van der Waals surface area contributed by atoms with E-state index in [1.807, 2.05) is 0 Å². The fraction of sp³-hybridized carbons (Fsp3) is 0.467. The van der Waals surface area contributed by atoms with Crippen molar-refractivity contribution in [1.29, 1.82) is 0 Å². The van der Waals surface area contributed by atoms with Crippen LogP contribution >= 0.6 is 0 Å². The second-order valence-electron chi connectivity index (χ2n) is 5.46. The summed E-state index contributed by atoms with van der Waals surface area (Å²) in [6.07, 6.45) is -4.32. The second kappa shape index (κ2) is 8.11. The molecule has 24 heavy (non-hydrogen) atoms. The number of carbonyl (C=O) groups is 2. The average Bonchev–Trinajstić information content (AvgIpc) is 2.50. The normalized spacial score (nSPS) is 13.9. The zero-order valence-corrected chi connectivity index (χ0v) is 13.2. The number of aliphatic hydroxyl groups is 1. The number of carbonyl (C=O) groups excluding carboxylic acids is 2. The van der Waals surface area contributed by atoms with Crippen LogP contribution in [0.5, 0.6) is 0 Å². The Kier molecular flexibility index (Phi) is 6.73. The fourth-order valence-corrected chi connectivity index (χ4v) is 1.72. The van der Waals surface area contributed by atoms with E-state index in [1.54, 1.807) is 0 Å². The minimum Gasteiger partial charge on any atom is -0.388 e. The highest BCUT2D eigenvalue weighted by molar-refractivity contribution is 6.39. The van der Waals surface area contributed by atoms with Crippen LogP contribution in [0.2, 0.25) is 0 Å². The predicted octanol–water partition coefficient (Wildman–Crippen LogP) is 1.55. The van der Waals surface area contributed by atoms with Crippen molar-refractivity contribution in [2.45, 2.75) is 25.1 Å². The number of methoxy groups -OCH3 is 1. The summed E-state index contributed by atoms with van der Waals surface area (Å²) in [5, 5.41) is 14.2. The molecule has 0 saturated carbocycles. The summed E-state index contributed by atoms with van der Waals surface area (Å²) in [6, 6.07) is 3.92. The molecule has 0 aliphatic rings. The fourth-order valence-electron chi connectivity index (χ4n) is 1.72. The minimum atomic E-state index is -4.55. The Balaban J connectivity index is 2.60. The van der Waals surface area contributed by atoms with Gasteiger partial charge in [-0.2, -0.15) is 13.2 Å². The van der Waals surface area contributed by atoms with Crippen molar-refractivity contribution in [3.63, 3.8) is 0 Å². The van der Waals surface area contributed by atoms with Crippen molar-refractivity contribution in [2.75, 3.05) is 25.6 Å². The van der Waals surface area contributed by atoms with E-state index < -0.39 is 29.2 Å². The third-order valence-electron chi connectivity index (χ3n) is 3.13. The molecule has 0 radical (unpaired) electrons. The van der Waals surface area contributed by atoms with E-state index in [2.05, 4.69) is 10.6 Å². The monoisotopic (exact) mass is 348 g/mol. The van der Waals surface area contributed by atoms with Crippen molar-refractivity contribution < 1.29 is 32.6 Å². The van der Waals surface area contributed by atoms with Gasteiger partial charge in [0.2, 0.25) is 0 Å². The molecule has 134 valence electrons. The first kappa shape index (κ1) is 19.9. The molecule has 6 nitrogen and oxygen atoms in total. The van der Waals surface area contributed by atoms with E-state index in [0.717, 1.165) is 18.2 Å². The first-order valence-electron chi connectivity index (χ1n) is 7.03. The molecule has 0 spiro atoms. The summed E-state index contributed by atoms with van der Waals surface area (Å²) >= 11 is 0. The zero-order valence-electron chi connectivity index (χ0n) is 13.2. The molecule has 3 N–H and O–H groups in total. The molecule has 1 rings (SSSR count). The van der Waals surface area contributed by atoms with Gasteiger partial charge in [-0.15, -0.1) is 0 Å². The van der Waals surface area contributed by atoms with Gasteiger partial charge in [-0.3, -0.25) is 9.59 Å². The van der Waals surface area contributed by atoms with E-state index in [-0.39, 0.29) is 25.3 Å². The van der Waals surface area contributed by atoms with Crippen LogP contribution in [0.3, 0.4) is 0 Å². The number of alkyl halides is 3. The summed E-state index contributed by atoms with van der Waals surface area (Å²) < 4.78 is 42.6. The van der Waals surface area contributed by atoms with Gasteiger partial charge in [0, 0.05) is 32.4 Å². The summed E-state index contributed by atoms with van der Waals surface area (Å²) in [4.78, 5) is 23.4. The number of hydrogen-bond donors (Lipinski definition) is 3. The van der Waals surface area contributed by atoms with E-state index in [9.17, 15) is 27.9 Å². The molecule has 2 amide bonds. The Hall–Kier alpha value is -2.13. The quantitative estimate of drug-likeness (QED) is 0.681. The van der Waals surface area contributed by atoms with Crippen molar-refractivity contribution in [3.8, 4) is 0 Å². The van der Waals surface area contributed by atoms with Crippen LogP contribution < -0.4 is 10.6 Å². The van der Waals surface area contributed by atoms with Crippen LogP contribution in [0.25, 0.3) is 0 Å². The van der Waals surface area contributed by atoms with Crippen LogP contribution in [-0.2, 0) is 20.5 Å². The third kappa shape index (κ3) is 6.55. The number of benzene rings is 1. The third-order valence-corrected chi connectivity index (χ3v) is 3.13. The maximum absolute atomic E-state index is 12.6. The van der Waals surface area contributed by atoms with Crippen LogP contribution in [0, 0.1) is 0 Å². The van der Waals surface area contributed by atoms with Gasteiger partial charge >= 0.3 is 18.0 Å². The topological polar surface area (TPSA) is 87.7 Å². The molecule has 0 aromatic heterocycles. The number of halogens is 3. The lowest BCUT2D eigenvalue weighted by atomic mass is 10.0. The number of ether oxygens (including phenoxy) is 1. The zero-order chi connectivity index (χ0) is 18.4. The molecule has 1 atom stereocenters. The maximum atomic E-state index is 12.6. The Morgan fingerprint density at radius 2 is 1.92 bits per heavy atom. The largest absolute Gasteiger partial charge is 0.416 e. The van der Waals surface area contributed by atoms with Crippen molar-refractivity contribution in [2.24, 2.45) is 0 Å². The van der Waals surface area contributed by atoms with Crippen LogP contribution in [0.4, 0.5) is 18.9 Å². The van der Waals surface area contributed by atoms with Gasteiger partial charge in [0.05, 0.1) is 11.2 Å². The number of hydrogen-bond acceptors (Lipinski definition) is 4. The van der Waals surface area contributed by atoms with Crippen LogP contribution in [0.15, 0.2) is 24.3 Å². The van der Waals surface area contributed by atoms with Gasteiger partial charge in [-0.25, -0.2) is 0 Å². The molecule has 0 aliphatic heterocycles. The lowest BCUT2D eigenvalue weighted by molar-refractivity contribution is -0.137. The molecule has 0 saturated heterocycles. The highest BCUT2D eigenvalue weighted by Gasteiger charge is 2.30. The average molecular weight is 348 g/mol. The highest BCUT2D eigenvalue weighted by atomic mass is 19.4. The first-order valence-corrected chi connectivity index (χ1v) is 7.03. The second-order valence-corrected chi connectivity index (χ2v) is 5.46. The lowest BCUT2D eigenvalue weighted by Gasteiger charge is -2.23. The SMILES string of the molecule is COCCC(C)(O)CNC(=O)C(=O)Nc1cccc(C(F)(F)F)c1. The Labute approximate surface area is 137 Å². The van der Waals surface area contributed by atoms with Crippen molar-refractivity contribution >= 4 is 17.5 Å². The molecule has 9 heteroatoms. The van der Waals surface area contributed by atoms with Crippen molar-refractivity contribution in [1.82, 2.24) is 5.32 Å². The van der Waals surface area contributed by atoms with Gasteiger partial charge in [0.15, 0.2) is 0 Å². The molecular formula is C15H19F3N2O4. The molecule has 1 aromatic rings. The molecule has 1 unspecified atom stereocenters. The van der Waals surface area contributed by atoms with Crippen LogP contribution in [-0.4, -0.2) is 42.8 Å². The summed E-state index contributed by atoms with van der Waals surface area (Å²) in [7, 11) is 1.46. The Morgan fingerprint density at radius 3 is 2.50 bits per heavy atom. The Morgan fingerprint density at radius 1 is 1.25 bits per heavy atom. The number of amides is 2. The molecule has 0 heterocycles. The molecular weight excluding hydrogens is 329 g/mol. The summed E-state index contributed by atoms with van der Waals surface area (Å²) in [5.74, 6) is -2.19. The van der Waals surface area contributed by atoms with Gasteiger partial charge < -0.3 is 20.5 Å². The van der Waals surface area contributed by atoms with Crippen molar-refractivity contribution in [3.05, 3.63) is 29.8 Å². The van der Waals surface area contributed by atoms with Gasteiger partial charge in [-0.05, 0) is 25.1 Å². The standard InChI is InChI=1S/C15H19F3N2O4/c1-14(23,6-7-24-2)9-19-12(21)13(22)20-11-5-3-4-10(8-11)15(16,17)18/h3-5,8,23H,6-7,9H2,1-2H3,(H,19,21)(H,20,22). The maximum Gasteiger partial charge on any atom is 0.416 e. The van der Waals surface area contributed by atoms with Gasteiger partial charge in [-0.1, -0.05) is 6.07 Å². The highest BCUT2D eigenvalue weighted by Crippen LogP contribution is 2.30. The lowest BCUT2D eigenvalue weighted by Crippen LogP contribution is -2.45. The number of anilines is 1. The van der Waals surface area contributed by atoms with Crippen LogP contribution in [0.1, 0.15) is 18.9 Å². The minimum absolute atomic E-state index is 0.156. The van der Waals surface area contributed by atoms with Gasteiger partial charge in [0.25, 0.3) is 0 Å².